The molecule has 1 aromatic carbocycles. The molecule has 1 aromatic heterocycles. The van der Waals surface area contributed by atoms with Crippen molar-refractivity contribution in [1.29, 1.82) is 0 Å². The Morgan fingerprint density at radius 1 is 1.24 bits per heavy atom. The smallest absolute Gasteiger partial charge is 0.413 e. The highest BCUT2D eigenvalue weighted by Gasteiger charge is 2.11. The first-order valence-corrected chi connectivity index (χ1v) is 8.77. The Hall–Kier alpha value is -2.55. The fraction of sp³-hybridized carbons (Fsp3) is 0.375. The second kappa shape index (κ2) is 9.67. The molecule has 0 aliphatic rings. The molecule has 8 nitrogen and oxygen atoms in total. The van der Waals surface area contributed by atoms with Gasteiger partial charge in [0, 0.05) is 12.2 Å². The molecular formula is C16H19N3O5S. The van der Waals surface area contributed by atoms with Crippen LogP contribution in [0.2, 0.25) is 0 Å². The zero-order valence-electron chi connectivity index (χ0n) is 13.7. The minimum Gasteiger partial charge on any atom is -0.456 e. The fourth-order valence-electron chi connectivity index (χ4n) is 1.92. The zero-order chi connectivity index (χ0) is 18.1. The van der Waals surface area contributed by atoms with Gasteiger partial charge in [0.05, 0.1) is 17.6 Å². The highest BCUT2D eigenvalue weighted by molar-refractivity contribution is 7.99. The molecule has 9 heteroatoms. The summed E-state index contributed by atoms with van der Waals surface area (Å²) in [5, 5.41) is 2.74. The number of aromatic nitrogens is 2. The van der Waals surface area contributed by atoms with E-state index < -0.39 is 24.6 Å². The molecule has 2 amide bonds. The van der Waals surface area contributed by atoms with Gasteiger partial charge in [0.2, 0.25) is 0 Å². The van der Waals surface area contributed by atoms with Crippen molar-refractivity contribution in [2.45, 2.75) is 24.9 Å². The summed E-state index contributed by atoms with van der Waals surface area (Å²) in [6, 6.07) is 7.73. The molecule has 25 heavy (non-hydrogen) atoms. The number of nitrogens with zero attached hydrogens (tertiary/aromatic N) is 1. The minimum atomic E-state index is -0.856. The van der Waals surface area contributed by atoms with E-state index in [0.29, 0.717) is 12.2 Å². The molecule has 0 aliphatic heterocycles. The van der Waals surface area contributed by atoms with Crippen molar-refractivity contribution in [1.82, 2.24) is 15.3 Å². The summed E-state index contributed by atoms with van der Waals surface area (Å²) in [5.74, 6) is -0.531. The number of H-pyrrole nitrogens is 1. The first-order valence-electron chi connectivity index (χ1n) is 7.78. The summed E-state index contributed by atoms with van der Waals surface area (Å²) in [6.45, 7) is 1.27. The first-order chi connectivity index (χ1) is 12.1. The largest absolute Gasteiger partial charge is 0.456 e. The number of imide groups is 1. The molecule has 0 atom stereocenters. The summed E-state index contributed by atoms with van der Waals surface area (Å²) in [4.78, 5) is 41.5. The van der Waals surface area contributed by atoms with Gasteiger partial charge in [0.15, 0.2) is 11.8 Å². The van der Waals surface area contributed by atoms with Gasteiger partial charge in [0.1, 0.15) is 0 Å². The van der Waals surface area contributed by atoms with Crippen LogP contribution in [0.5, 0.6) is 0 Å². The summed E-state index contributed by atoms with van der Waals surface area (Å²) >= 11 is 1.51. The number of imidazole rings is 1. The third-order valence-corrected chi connectivity index (χ3v) is 3.97. The number of nitrogens with one attached hydrogen (secondary N) is 2. The second-order valence-electron chi connectivity index (χ2n) is 4.94. The highest BCUT2D eigenvalue weighted by Crippen LogP contribution is 2.20. The predicted molar refractivity (Wildman–Crippen MR) is 92.2 cm³/mol. The number of para-hydroxylation sites is 2. The molecule has 0 spiro atoms. The molecular weight excluding hydrogens is 346 g/mol. The maximum Gasteiger partial charge on any atom is 0.413 e. The number of alkyl carbamates (subject to hydrolysis) is 1. The molecule has 2 aromatic rings. The van der Waals surface area contributed by atoms with Crippen molar-refractivity contribution >= 4 is 40.8 Å². The van der Waals surface area contributed by atoms with Crippen LogP contribution in [-0.4, -0.2) is 46.9 Å². The Morgan fingerprint density at radius 3 is 2.80 bits per heavy atom. The van der Waals surface area contributed by atoms with Gasteiger partial charge in [-0.15, -0.1) is 0 Å². The van der Waals surface area contributed by atoms with E-state index in [1.807, 2.05) is 29.6 Å². The Balaban J connectivity index is 1.60. The number of rotatable bonds is 8. The quantitative estimate of drug-likeness (QED) is 0.419. The number of aromatic amines is 1. The number of ether oxygens (including phenoxy) is 2. The number of hydrogen-bond acceptors (Lipinski definition) is 7. The van der Waals surface area contributed by atoms with Crippen molar-refractivity contribution in [3.63, 3.8) is 0 Å². The van der Waals surface area contributed by atoms with Crippen LogP contribution in [0.25, 0.3) is 11.0 Å². The van der Waals surface area contributed by atoms with Crippen LogP contribution in [0.15, 0.2) is 29.4 Å². The summed E-state index contributed by atoms with van der Waals surface area (Å²) in [6.07, 6.45) is -0.0919. The van der Waals surface area contributed by atoms with Crippen molar-refractivity contribution in [2.75, 3.05) is 19.0 Å². The Kier molecular flexibility index (Phi) is 7.27. The van der Waals surface area contributed by atoms with Gasteiger partial charge >= 0.3 is 12.1 Å². The molecule has 0 fully saturated rings. The zero-order valence-corrected chi connectivity index (χ0v) is 14.6. The van der Waals surface area contributed by atoms with E-state index in [4.69, 9.17) is 4.74 Å². The lowest BCUT2D eigenvalue weighted by molar-refractivity contribution is -0.148. The molecule has 134 valence electrons. The van der Waals surface area contributed by atoms with E-state index in [1.165, 1.54) is 11.8 Å². The van der Waals surface area contributed by atoms with Crippen molar-refractivity contribution in [2.24, 2.45) is 0 Å². The number of benzene rings is 1. The third kappa shape index (κ3) is 6.46. The Morgan fingerprint density at radius 2 is 2.04 bits per heavy atom. The number of thioether (sulfide) groups is 1. The van der Waals surface area contributed by atoms with E-state index in [-0.39, 0.29) is 13.0 Å². The molecule has 2 rings (SSSR count). The van der Waals surface area contributed by atoms with Crippen molar-refractivity contribution in [3.05, 3.63) is 24.3 Å². The van der Waals surface area contributed by atoms with Crippen LogP contribution in [0.3, 0.4) is 0 Å². The number of fused-ring (bicyclic) bond motifs is 1. The molecule has 2 N–H and O–H groups in total. The average Bonchev–Trinajstić information content (AvgIpc) is 3.00. The maximum atomic E-state index is 11.6. The van der Waals surface area contributed by atoms with E-state index in [9.17, 15) is 14.4 Å². The summed E-state index contributed by atoms with van der Waals surface area (Å²) < 4.78 is 9.33. The van der Waals surface area contributed by atoms with Gasteiger partial charge in [-0.2, -0.15) is 0 Å². The Bertz CT molecular complexity index is 713. The number of esters is 1. The van der Waals surface area contributed by atoms with Gasteiger partial charge in [-0.25, -0.2) is 9.78 Å². The molecule has 0 aliphatic carbocycles. The number of carbonyl (C=O) groups excluding carboxylic acids is 3. The van der Waals surface area contributed by atoms with E-state index in [1.54, 1.807) is 6.92 Å². The SMILES string of the molecule is CCOC(=O)NC(=O)COC(=O)CCCSc1nc2ccccc2[nH]1. The number of hydrogen-bond donors (Lipinski definition) is 2. The monoisotopic (exact) mass is 365 g/mol. The topological polar surface area (TPSA) is 110 Å². The van der Waals surface area contributed by atoms with E-state index in [2.05, 4.69) is 14.7 Å². The van der Waals surface area contributed by atoms with Crippen LogP contribution in [0, 0.1) is 0 Å². The lowest BCUT2D eigenvalue weighted by atomic mass is 10.3. The summed E-state index contributed by atoms with van der Waals surface area (Å²) in [5.41, 5.74) is 1.87. The first kappa shape index (κ1) is 18.8. The molecule has 0 saturated heterocycles. The van der Waals surface area contributed by atoms with Crippen molar-refractivity contribution in [3.8, 4) is 0 Å². The molecule has 0 saturated carbocycles. The van der Waals surface area contributed by atoms with Crippen molar-refractivity contribution < 1.29 is 23.9 Å². The lowest BCUT2D eigenvalue weighted by Crippen LogP contribution is -2.34. The number of carbonyl (C=O) groups is 3. The standard InChI is InChI=1S/C16H19N3O5S/c1-2-23-16(22)19-13(20)10-24-14(21)8-5-9-25-15-17-11-6-3-4-7-12(11)18-15/h3-4,6-7H,2,5,8-10H2,1H3,(H,17,18)(H,19,20,22). The van der Waals surface area contributed by atoms with E-state index >= 15 is 0 Å². The summed E-state index contributed by atoms with van der Waals surface area (Å²) in [7, 11) is 0. The lowest BCUT2D eigenvalue weighted by Gasteiger charge is -2.05. The Labute approximate surface area is 148 Å². The van der Waals surface area contributed by atoms with Crippen LogP contribution < -0.4 is 5.32 Å². The van der Waals surface area contributed by atoms with Crippen LogP contribution in [0.1, 0.15) is 19.8 Å². The molecule has 0 radical (unpaired) electrons. The van der Waals surface area contributed by atoms with Crippen LogP contribution in [-0.2, 0) is 19.1 Å². The fourth-order valence-corrected chi connectivity index (χ4v) is 2.75. The second-order valence-corrected chi connectivity index (χ2v) is 6.02. The average molecular weight is 365 g/mol. The minimum absolute atomic E-state index is 0.155. The van der Waals surface area contributed by atoms with Gasteiger partial charge in [-0.3, -0.25) is 14.9 Å². The number of amides is 2. The van der Waals surface area contributed by atoms with E-state index in [0.717, 1.165) is 16.2 Å². The predicted octanol–water partition coefficient (Wildman–Crippen LogP) is 2.25. The molecule has 0 unspecified atom stereocenters. The molecule has 1 heterocycles. The van der Waals surface area contributed by atoms with Gasteiger partial charge < -0.3 is 14.5 Å². The van der Waals surface area contributed by atoms with Crippen LogP contribution >= 0.6 is 11.8 Å². The third-order valence-electron chi connectivity index (χ3n) is 3.01. The normalized spacial score (nSPS) is 10.4. The van der Waals surface area contributed by atoms with Gasteiger partial charge in [-0.1, -0.05) is 23.9 Å². The maximum absolute atomic E-state index is 11.6. The highest BCUT2D eigenvalue weighted by atomic mass is 32.2. The van der Waals surface area contributed by atoms with Crippen LogP contribution in [0.4, 0.5) is 4.79 Å². The van der Waals surface area contributed by atoms with Gasteiger partial charge in [-0.05, 0) is 25.5 Å². The van der Waals surface area contributed by atoms with Gasteiger partial charge in [0.25, 0.3) is 5.91 Å². The molecule has 0 bridgehead atoms.